The van der Waals surface area contributed by atoms with Gasteiger partial charge in [0.15, 0.2) is 5.78 Å². The molecule has 2 aromatic carbocycles. The van der Waals surface area contributed by atoms with E-state index < -0.39 is 6.04 Å². The lowest BCUT2D eigenvalue weighted by atomic mass is 9.94. The zero-order valence-corrected chi connectivity index (χ0v) is 23.4. The van der Waals surface area contributed by atoms with Crippen molar-refractivity contribution in [1.82, 2.24) is 9.80 Å². The molecule has 0 saturated carbocycles. The minimum absolute atomic E-state index is 0.0139. The van der Waals surface area contributed by atoms with Crippen molar-refractivity contribution in [3.8, 4) is 0 Å². The summed E-state index contributed by atoms with van der Waals surface area (Å²) < 4.78 is 0. The molecule has 2 aliphatic rings. The first kappa shape index (κ1) is 28.1. The molecule has 5 nitrogen and oxygen atoms in total. The molecule has 2 aliphatic heterocycles. The highest BCUT2D eigenvalue weighted by Gasteiger charge is 2.45. The second-order valence-corrected chi connectivity index (χ2v) is 12.0. The van der Waals surface area contributed by atoms with E-state index in [9.17, 15) is 9.59 Å². The largest absolute Gasteiger partial charge is 0.331 e. The van der Waals surface area contributed by atoms with Gasteiger partial charge in [0.2, 0.25) is 5.91 Å². The van der Waals surface area contributed by atoms with Crippen LogP contribution in [-0.2, 0) is 22.4 Å². The van der Waals surface area contributed by atoms with Crippen LogP contribution in [0.4, 0.5) is 0 Å². The van der Waals surface area contributed by atoms with Gasteiger partial charge in [-0.3, -0.25) is 14.5 Å². The van der Waals surface area contributed by atoms with Crippen LogP contribution in [0.15, 0.2) is 48.5 Å². The van der Waals surface area contributed by atoms with Crippen molar-refractivity contribution in [2.24, 2.45) is 11.7 Å². The number of hydrogen-bond acceptors (Lipinski definition) is 4. The van der Waals surface area contributed by atoms with E-state index in [1.807, 2.05) is 23.1 Å². The van der Waals surface area contributed by atoms with E-state index in [0.717, 1.165) is 31.4 Å². The Bertz CT molecular complexity index is 1060. The molecule has 200 valence electrons. The molecule has 0 aliphatic carbocycles. The predicted molar refractivity (Wildman–Crippen MR) is 151 cm³/mol. The summed E-state index contributed by atoms with van der Waals surface area (Å²) in [5.74, 6) is 0.469. The predicted octanol–water partition coefficient (Wildman–Crippen LogP) is 5.55. The lowest BCUT2D eigenvalue weighted by Gasteiger charge is -2.33. The summed E-state index contributed by atoms with van der Waals surface area (Å²) >= 11 is 12.3. The SMILES string of the molecule is CC(C)C[C@H](C(=O)CCc1cc(Cl)cc(Cl)c1)N1CCC(CCc2ccccc2)N2C[C@H](N)C[C@H]2C1=O. The van der Waals surface area contributed by atoms with Gasteiger partial charge in [-0.15, -0.1) is 0 Å². The van der Waals surface area contributed by atoms with Gasteiger partial charge in [-0.05, 0) is 73.8 Å². The van der Waals surface area contributed by atoms with Gasteiger partial charge in [0, 0.05) is 41.6 Å². The number of carbonyl (C=O) groups excluding carboxylic acids is 2. The van der Waals surface area contributed by atoms with Gasteiger partial charge < -0.3 is 10.6 Å². The number of hydrogen-bond donors (Lipinski definition) is 1. The van der Waals surface area contributed by atoms with E-state index in [-0.39, 0.29) is 29.8 Å². The minimum Gasteiger partial charge on any atom is -0.331 e. The summed E-state index contributed by atoms with van der Waals surface area (Å²) in [6.45, 7) is 5.56. The summed E-state index contributed by atoms with van der Waals surface area (Å²) in [4.78, 5) is 31.8. The fraction of sp³-hybridized carbons (Fsp3) is 0.533. The summed E-state index contributed by atoms with van der Waals surface area (Å²) in [7, 11) is 0. The Hall–Kier alpha value is -1.92. The number of carbonyl (C=O) groups is 2. The number of ketones is 1. The van der Waals surface area contributed by atoms with Gasteiger partial charge in [0.05, 0.1) is 12.1 Å². The van der Waals surface area contributed by atoms with Crippen LogP contribution in [0.1, 0.15) is 57.1 Å². The second-order valence-electron chi connectivity index (χ2n) is 11.1. The zero-order chi connectivity index (χ0) is 26.5. The zero-order valence-electron chi connectivity index (χ0n) is 21.9. The van der Waals surface area contributed by atoms with Crippen LogP contribution in [0, 0.1) is 5.92 Å². The third-order valence-electron chi connectivity index (χ3n) is 7.75. The summed E-state index contributed by atoms with van der Waals surface area (Å²) in [6.07, 6.45) is 5.02. The fourth-order valence-electron chi connectivity index (χ4n) is 5.96. The maximum atomic E-state index is 13.9. The molecule has 0 bridgehead atoms. The van der Waals surface area contributed by atoms with E-state index in [0.29, 0.717) is 48.2 Å². The van der Waals surface area contributed by atoms with Crippen LogP contribution in [-0.4, -0.2) is 58.7 Å². The summed E-state index contributed by atoms with van der Waals surface area (Å²) in [5, 5.41) is 1.13. The van der Waals surface area contributed by atoms with Gasteiger partial charge in [-0.1, -0.05) is 67.4 Å². The number of benzene rings is 2. The Balaban J connectivity index is 1.50. The highest BCUT2D eigenvalue weighted by atomic mass is 35.5. The van der Waals surface area contributed by atoms with Crippen molar-refractivity contribution >= 4 is 34.9 Å². The molecular formula is C30H39Cl2N3O2. The van der Waals surface area contributed by atoms with Gasteiger partial charge in [0.1, 0.15) is 0 Å². The molecule has 2 saturated heterocycles. The van der Waals surface area contributed by atoms with Crippen molar-refractivity contribution in [3.05, 3.63) is 69.7 Å². The molecule has 7 heteroatoms. The highest BCUT2D eigenvalue weighted by molar-refractivity contribution is 6.34. The van der Waals surface area contributed by atoms with Crippen molar-refractivity contribution < 1.29 is 9.59 Å². The van der Waals surface area contributed by atoms with Gasteiger partial charge >= 0.3 is 0 Å². The van der Waals surface area contributed by atoms with Crippen molar-refractivity contribution in [2.45, 2.75) is 83.0 Å². The van der Waals surface area contributed by atoms with Crippen molar-refractivity contribution in [3.63, 3.8) is 0 Å². The van der Waals surface area contributed by atoms with Gasteiger partial charge in [-0.25, -0.2) is 0 Å². The number of rotatable bonds is 10. The number of aryl methyl sites for hydroxylation is 2. The number of fused-ring (bicyclic) bond motifs is 1. The molecule has 0 spiro atoms. The van der Waals surface area contributed by atoms with E-state index in [1.54, 1.807) is 6.07 Å². The molecule has 1 amide bonds. The molecule has 0 aromatic heterocycles. The minimum atomic E-state index is -0.422. The molecule has 4 atom stereocenters. The van der Waals surface area contributed by atoms with Crippen LogP contribution >= 0.6 is 23.2 Å². The Morgan fingerprint density at radius 2 is 1.76 bits per heavy atom. The summed E-state index contributed by atoms with van der Waals surface area (Å²) in [6, 6.07) is 15.5. The first-order valence-electron chi connectivity index (χ1n) is 13.5. The third-order valence-corrected chi connectivity index (χ3v) is 8.18. The first-order chi connectivity index (χ1) is 17.7. The van der Waals surface area contributed by atoms with E-state index in [1.165, 1.54) is 5.56 Å². The molecule has 37 heavy (non-hydrogen) atoms. The van der Waals surface area contributed by atoms with Crippen molar-refractivity contribution in [1.29, 1.82) is 0 Å². The Morgan fingerprint density at radius 3 is 2.43 bits per heavy atom. The highest BCUT2D eigenvalue weighted by Crippen LogP contribution is 2.31. The molecule has 4 rings (SSSR count). The quantitative estimate of drug-likeness (QED) is 0.426. The topological polar surface area (TPSA) is 66.6 Å². The van der Waals surface area contributed by atoms with Gasteiger partial charge in [-0.2, -0.15) is 0 Å². The normalized spacial score (nSPS) is 23.2. The number of Topliss-reactive ketones (excluding diaryl/α,β-unsaturated/α-hetero) is 1. The lowest BCUT2D eigenvalue weighted by molar-refractivity contribution is -0.142. The molecular weight excluding hydrogens is 505 g/mol. The van der Waals surface area contributed by atoms with Crippen LogP contribution < -0.4 is 5.73 Å². The first-order valence-corrected chi connectivity index (χ1v) is 14.3. The monoisotopic (exact) mass is 543 g/mol. The molecule has 2 N–H and O–H groups in total. The molecule has 2 heterocycles. The fourth-order valence-corrected chi connectivity index (χ4v) is 6.53. The van der Waals surface area contributed by atoms with E-state index in [4.69, 9.17) is 28.9 Å². The summed E-state index contributed by atoms with van der Waals surface area (Å²) in [5.41, 5.74) is 8.62. The Kier molecular flexibility index (Phi) is 9.68. The number of nitrogens with two attached hydrogens (primary N) is 1. The molecule has 2 fully saturated rings. The smallest absolute Gasteiger partial charge is 0.240 e. The average Bonchev–Trinajstić information content (AvgIpc) is 3.19. The second kappa shape index (κ2) is 12.8. The van der Waals surface area contributed by atoms with Crippen LogP contribution in [0.3, 0.4) is 0 Å². The molecule has 1 unspecified atom stereocenters. The van der Waals surface area contributed by atoms with Crippen molar-refractivity contribution in [2.75, 3.05) is 13.1 Å². The van der Waals surface area contributed by atoms with Crippen LogP contribution in [0.5, 0.6) is 0 Å². The molecule has 2 aromatic rings. The Morgan fingerprint density at radius 1 is 1.05 bits per heavy atom. The maximum absolute atomic E-state index is 13.9. The van der Waals surface area contributed by atoms with Crippen LogP contribution in [0.2, 0.25) is 10.0 Å². The average molecular weight is 545 g/mol. The maximum Gasteiger partial charge on any atom is 0.240 e. The molecule has 0 radical (unpaired) electrons. The number of nitrogens with zero attached hydrogens (tertiary/aromatic N) is 2. The van der Waals surface area contributed by atoms with Gasteiger partial charge in [0.25, 0.3) is 0 Å². The standard InChI is InChI=1S/C30H39Cl2N3O2/c1-20(2)14-27(29(36)11-9-22-15-23(31)17-24(32)16-22)34-13-12-26(10-8-21-6-4-3-5-7-21)35-19-25(33)18-28(35)30(34)37/h3-7,15-17,20,25-28H,8-14,18-19,33H2,1-2H3/t25-,26?,27-,28+/m1/s1. The lowest BCUT2D eigenvalue weighted by Crippen LogP contribution is -2.51. The van der Waals surface area contributed by atoms with E-state index >= 15 is 0 Å². The van der Waals surface area contributed by atoms with E-state index in [2.05, 4.69) is 43.0 Å². The number of halogens is 2. The Labute approximate surface area is 231 Å². The van der Waals surface area contributed by atoms with Crippen LogP contribution in [0.25, 0.3) is 0 Å². The number of amides is 1. The third kappa shape index (κ3) is 7.35.